The lowest BCUT2D eigenvalue weighted by atomic mass is 9.88. The number of hydrogen-bond acceptors (Lipinski definition) is 5. The first-order chi connectivity index (χ1) is 14.2. The molecule has 0 radical (unpaired) electrons. The van der Waals surface area contributed by atoms with E-state index in [0.29, 0.717) is 38.0 Å². The summed E-state index contributed by atoms with van der Waals surface area (Å²) in [4.78, 5) is 38.1. The van der Waals surface area contributed by atoms with Crippen molar-refractivity contribution in [3.8, 4) is 0 Å². The average molecular weight is 395 g/mol. The first-order valence-corrected chi connectivity index (χ1v) is 10.3. The van der Waals surface area contributed by atoms with Gasteiger partial charge in [0, 0.05) is 63.8 Å². The van der Waals surface area contributed by atoms with Crippen molar-refractivity contribution in [3.63, 3.8) is 0 Å². The Kier molecular flexibility index (Phi) is 4.58. The number of likely N-dealkylation sites (tertiary alicyclic amines) is 2. The zero-order chi connectivity index (χ0) is 19.8. The molecule has 8 heteroatoms. The van der Waals surface area contributed by atoms with Crippen molar-refractivity contribution in [3.05, 3.63) is 48.3 Å². The maximum atomic E-state index is 13.0. The minimum Gasteiger partial charge on any atom is -0.352 e. The van der Waals surface area contributed by atoms with Crippen molar-refractivity contribution in [2.75, 3.05) is 26.2 Å². The van der Waals surface area contributed by atoms with Crippen molar-refractivity contribution in [2.45, 2.75) is 43.9 Å². The number of carbonyl (C=O) groups excluding carboxylic acids is 2. The van der Waals surface area contributed by atoms with E-state index in [-0.39, 0.29) is 11.8 Å². The first kappa shape index (κ1) is 18.3. The highest BCUT2D eigenvalue weighted by Gasteiger charge is 2.48. The van der Waals surface area contributed by atoms with Crippen LogP contribution in [0.25, 0.3) is 0 Å². The number of carbonyl (C=O) groups is 2. The number of amides is 2. The zero-order valence-electron chi connectivity index (χ0n) is 16.4. The van der Waals surface area contributed by atoms with E-state index in [4.69, 9.17) is 4.74 Å². The Labute approximate surface area is 169 Å². The van der Waals surface area contributed by atoms with Crippen LogP contribution in [0, 0.1) is 0 Å². The Hall–Kier alpha value is -2.74. The van der Waals surface area contributed by atoms with Crippen molar-refractivity contribution in [1.82, 2.24) is 24.3 Å². The zero-order valence-corrected chi connectivity index (χ0v) is 16.4. The molecule has 5 rings (SSSR count). The molecule has 2 amide bonds. The molecule has 1 spiro atoms. The number of aromatic nitrogens is 3. The molecule has 2 saturated heterocycles. The van der Waals surface area contributed by atoms with Gasteiger partial charge in [0.1, 0.15) is 11.4 Å². The molecule has 2 aromatic heterocycles. The van der Waals surface area contributed by atoms with Crippen molar-refractivity contribution >= 4 is 11.8 Å². The summed E-state index contributed by atoms with van der Waals surface area (Å²) in [5.74, 6) is 0.934. The summed E-state index contributed by atoms with van der Waals surface area (Å²) in [6.45, 7) is 3.26. The van der Waals surface area contributed by atoms with Gasteiger partial charge in [-0.05, 0) is 25.0 Å². The van der Waals surface area contributed by atoms with Crippen LogP contribution < -0.4 is 0 Å². The van der Waals surface area contributed by atoms with Gasteiger partial charge >= 0.3 is 0 Å². The molecule has 0 saturated carbocycles. The molecule has 29 heavy (non-hydrogen) atoms. The number of pyridine rings is 1. The highest BCUT2D eigenvalue weighted by Crippen LogP contribution is 2.40. The van der Waals surface area contributed by atoms with Crippen LogP contribution in [-0.4, -0.2) is 68.4 Å². The fourth-order valence-corrected chi connectivity index (χ4v) is 4.75. The normalized spacial score (nSPS) is 23.2. The molecule has 2 aromatic rings. The van der Waals surface area contributed by atoms with Crippen molar-refractivity contribution in [2.24, 2.45) is 0 Å². The SMILES string of the molecule is O=C(c1cccnc1)N1CCC2(CC1)O[C@H](C(=O)N1CCCC1)Cn1ccnc12. The number of hydrogen-bond donors (Lipinski definition) is 0. The lowest BCUT2D eigenvalue weighted by Gasteiger charge is -2.46. The van der Waals surface area contributed by atoms with Crippen LogP contribution in [0.4, 0.5) is 0 Å². The van der Waals surface area contributed by atoms with Gasteiger partial charge in [-0.25, -0.2) is 4.98 Å². The van der Waals surface area contributed by atoms with E-state index in [1.165, 1.54) is 0 Å². The van der Waals surface area contributed by atoms with Crippen LogP contribution >= 0.6 is 0 Å². The molecule has 0 N–H and O–H groups in total. The summed E-state index contributed by atoms with van der Waals surface area (Å²) in [5, 5.41) is 0. The summed E-state index contributed by atoms with van der Waals surface area (Å²) >= 11 is 0. The standard InChI is InChI=1S/C21H25N5O3/c27-18(16-4-3-7-22-14-16)25-11-5-21(6-12-25)20-23-8-13-26(20)15-17(29-21)19(28)24-9-1-2-10-24/h3-4,7-8,13-14,17H,1-2,5-6,9-12,15H2/t17-/m0/s1. The second-order valence-corrected chi connectivity index (χ2v) is 8.07. The van der Waals surface area contributed by atoms with E-state index in [1.54, 1.807) is 30.7 Å². The molecule has 0 bridgehead atoms. The molecule has 3 aliphatic heterocycles. The second-order valence-electron chi connectivity index (χ2n) is 8.07. The quantitative estimate of drug-likeness (QED) is 0.769. The monoisotopic (exact) mass is 395 g/mol. The third kappa shape index (κ3) is 3.21. The molecule has 0 unspecified atom stereocenters. The molecule has 3 aliphatic rings. The second kappa shape index (κ2) is 7.26. The van der Waals surface area contributed by atoms with Gasteiger partial charge in [0.2, 0.25) is 0 Å². The Balaban J connectivity index is 1.34. The van der Waals surface area contributed by atoms with Crippen LogP contribution in [-0.2, 0) is 21.7 Å². The number of fused-ring (bicyclic) bond motifs is 2. The van der Waals surface area contributed by atoms with Gasteiger partial charge in [0.15, 0.2) is 6.10 Å². The third-order valence-electron chi connectivity index (χ3n) is 6.31. The van der Waals surface area contributed by atoms with E-state index in [9.17, 15) is 9.59 Å². The third-order valence-corrected chi connectivity index (χ3v) is 6.31. The molecule has 2 fully saturated rings. The lowest BCUT2D eigenvalue weighted by molar-refractivity contribution is -0.179. The lowest BCUT2D eigenvalue weighted by Crippen LogP contribution is -2.55. The Morgan fingerprint density at radius 1 is 1.07 bits per heavy atom. The summed E-state index contributed by atoms with van der Waals surface area (Å²) in [6.07, 6.45) is 9.84. The van der Waals surface area contributed by atoms with Crippen LogP contribution in [0.15, 0.2) is 36.9 Å². The highest BCUT2D eigenvalue weighted by atomic mass is 16.5. The Morgan fingerprint density at radius 3 is 2.59 bits per heavy atom. The van der Waals surface area contributed by atoms with E-state index in [2.05, 4.69) is 14.5 Å². The van der Waals surface area contributed by atoms with Gasteiger partial charge in [0.05, 0.1) is 12.1 Å². The molecular formula is C21H25N5O3. The van der Waals surface area contributed by atoms with Crippen LogP contribution in [0.1, 0.15) is 41.9 Å². The molecular weight excluding hydrogens is 370 g/mol. The van der Waals surface area contributed by atoms with Gasteiger partial charge in [-0.2, -0.15) is 0 Å². The number of ether oxygens (including phenoxy) is 1. The largest absolute Gasteiger partial charge is 0.352 e. The minimum atomic E-state index is -0.618. The van der Waals surface area contributed by atoms with Gasteiger partial charge in [-0.3, -0.25) is 14.6 Å². The van der Waals surface area contributed by atoms with Gasteiger partial charge in [0.25, 0.3) is 11.8 Å². The smallest absolute Gasteiger partial charge is 0.255 e. The Morgan fingerprint density at radius 2 is 1.86 bits per heavy atom. The number of rotatable bonds is 2. The van der Waals surface area contributed by atoms with Crippen LogP contribution in [0.3, 0.4) is 0 Å². The average Bonchev–Trinajstić information content (AvgIpc) is 3.46. The summed E-state index contributed by atoms with van der Waals surface area (Å²) in [5.41, 5.74) is -0.0235. The van der Waals surface area contributed by atoms with Crippen molar-refractivity contribution in [1.29, 1.82) is 0 Å². The molecule has 0 aromatic carbocycles. The van der Waals surface area contributed by atoms with Crippen molar-refractivity contribution < 1.29 is 14.3 Å². The predicted molar refractivity (Wildman–Crippen MR) is 104 cm³/mol. The molecule has 8 nitrogen and oxygen atoms in total. The van der Waals surface area contributed by atoms with Gasteiger partial charge in [-0.15, -0.1) is 0 Å². The van der Waals surface area contributed by atoms with E-state index in [1.807, 2.05) is 16.0 Å². The Bertz CT molecular complexity index is 898. The predicted octanol–water partition coefficient (Wildman–Crippen LogP) is 1.43. The minimum absolute atomic E-state index is 0.0169. The van der Waals surface area contributed by atoms with Gasteiger partial charge < -0.3 is 19.1 Å². The number of imidazole rings is 1. The van der Waals surface area contributed by atoms with Crippen LogP contribution in [0.2, 0.25) is 0 Å². The van der Waals surface area contributed by atoms with Crippen LogP contribution in [0.5, 0.6) is 0 Å². The first-order valence-electron chi connectivity index (χ1n) is 10.3. The highest BCUT2D eigenvalue weighted by molar-refractivity contribution is 5.94. The molecule has 152 valence electrons. The number of piperidine rings is 1. The van der Waals surface area contributed by atoms with Gasteiger partial charge in [-0.1, -0.05) is 0 Å². The maximum absolute atomic E-state index is 13.0. The van der Waals surface area contributed by atoms with E-state index >= 15 is 0 Å². The summed E-state index contributed by atoms with van der Waals surface area (Å²) < 4.78 is 8.54. The fourth-order valence-electron chi connectivity index (χ4n) is 4.75. The van der Waals surface area contributed by atoms with E-state index in [0.717, 1.165) is 31.8 Å². The summed E-state index contributed by atoms with van der Waals surface area (Å²) in [6, 6.07) is 3.56. The topological polar surface area (TPSA) is 80.6 Å². The maximum Gasteiger partial charge on any atom is 0.255 e. The fraction of sp³-hybridized carbons (Fsp3) is 0.524. The molecule has 1 atom stereocenters. The van der Waals surface area contributed by atoms with E-state index < -0.39 is 11.7 Å². The number of nitrogens with zero attached hydrogens (tertiary/aromatic N) is 5. The molecule has 5 heterocycles. The molecule has 0 aliphatic carbocycles. The summed E-state index contributed by atoms with van der Waals surface area (Å²) in [7, 11) is 0.